The van der Waals surface area contributed by atoms with Gasteiger partial charge in [-0.1, -0.05) is 5.16 Å². The van der Waals surface area contributed by atoms with E-state index in [0.717, 1.165) is 16.8 Å². The molecule has 0 bridgehead atoms. The number of nitrogen functional groups attached to an aromatic ring is 1. The topological polar surface area (TPSA) is 61.3 Å². The van der Waals surface area contributed by atoms with Crippen molar-refractivity contribution in [3.8, 4) is 5.75 Å². The summed E-state index contributed by atoms with van der Waals surface area (Å²) in [6.45, 7) is 1.87. The number of benzene rings is 1. The summed E-state index contributed by atoms with van der Waals surface area (Å²) < 4.78 is 10.1. The van der Waals surface area contributed by atoms with Crippen LogP contribution in [-0.4, -0.2) is 12.3 Å². The first kappa shape index (κ1) is 7.91. The van der Waals surface area contributed by atoms with Crippen molar-refractivity contribution >= 4 is 16.7 Å². The lowest BCUT2D eigenvalue weighted by atomic mass is 10.2. The van der Waals surface area contributed by atoms with Crippen LogP contribution in [0, 0.1) is 6.92 Å². The SMILES string of the molecule is COc1cc(N)c2onc(C)c2c1. The van der Waals surface area contributed by atoms with Crippen LogP contribution in [0.5, 0.6) is 5.75 Å². The maximum atomic E-state index is 5.73. The standard InChI is InChI=1S/C9H10N2O2/c1-5-7-3-6(12-2)4-8(10)9(7)13-11-5/h3-4H,10H2,1-2H3. The van der Waals surface area contributed by atoms with E-state index in [9.17, 15) is 0 Å². The Morgan fingerprint density at radius 2 is 2.23 bits per heavy atom. The van der Waals surface area contributed by atoms with Gasteiger partial charge in [-0.25, -0.2) is 0 Å². The highest BCUT2D eigenvalue weighted by Gasteiger charge is 2.09. The van der Waals surface area contributed by atoms with Crippen LogP contribution < -0.4 is 10.5 Å². The summed E-state index contributed by atoms with van der Waals surface area (Å²) in [6, 6.07) is 3.57. The van der Waals surface area contributed by atoms with E-state index in [4.69, 9.17) is 15.0 Å². The van der Waals surface area contributed by atoms with E-state index in [2.05, 4.69) is 5.16 Å². The number of nitrogens with two attached hydrogens (primary N) is 1. The van der Waals surface area contributed by atoms with Crippen LogP contribution in [0.4, 0.5) is 5.69 Å². The second-order valence-corrected chi connectivity index (χ2v) is 2.86. The largest absolute Gasteiger partial charge is 0.497 e. The molecule has 4 heteroatoms. The third kappa shape index (κ3) is 1.11. The summed E-state index contributed by atoms with van der Waals surface area (Å²) in [7, 11) is 1.60. The second kappa shape index (κ2) is 2.65. The van der Waals surface area contributed by atoms with Crippen LogP contribution in [0.15, 0.2) is 16.7 Å². The van der Waals surface area contributed by atoms with Gasteiger partial charge >= 0.3 is 0 Å². The first-order chi connectivity index (χ1) is 6.22. The lowest BCUT2D eigenvalue weighted by Crippen LogP contribution is -1.88. The molecular formula is C9H10N2O2. The highest BCUT2D eigenvalue weighted by Crippen LogP contribution is 2.28. The molecule has 0 atom stereocenters. The van der Waals surface area contributed by atoms with E-state index in [-0.39, 0.29) is 0 Å². The van der Waals surface area contributed by atoms with Crippen LogP contribution in [0.25, 0.3) is 11.0 Å². The van der Waals surface area contributed by atoms with Gasteiger partial charge in [-0.3, -0.25) is 0 Å². The zero-order valence-electron chi connectivity index (χ0n) is 7.50. The molecule has 0 spiro atoms. The van der Waals surface area contributed by atoms with Gasteiger partial charge in [-0.05, 0) is 13.0 Å². The molecule has 1 heterocycles. The van der Waals surface area contributed by atoms with E-state index in [1.54, 1.807) is 13.2 Å². The third-order valence-corrected chi connectivity index (χ3v) is 1.99. The molecule has 0 radical (unpaired) electrons. The number of ether oxygens (including phenoxy) is 1. The van der Waals surface area contributed by atoms with Crippen molar-refractivity contribution in [2.75, 3.05) is 12.8 Å². The van der Waals surface area contributed by atoms with Gasteiger partial charge in [0.2, 0.25) is 0 Å². The summed E-state index contributed by atoms with van der Waals surface area (Å²) in [5.41, 5.74) is 7.73. The fraction of sp³-hybridized carbons (Fsp3) is 0.222. The Bertz CT molecular complexity index is 448. The van der Waals surface area contributed by atoms with Crippen LogP contribution in [0.3, 0.4) is 0 Å². The molecule has 0 fully saturated rings. The number of rotatable bonds is 1. The van der Waals surface area contributed by atoms with Gasteiger partial charge in [0.05, 0.1) is 23.9 Å². The van der Waals surface area contributed by atoms with Gasteiger partial charge in [0.25, 0.3) is 0 Å². The van der Waals surface area contributed by atoms with Crippen LogP contribution >= 0.6 is 0 Å². The van der Waals surface area contributed by atoms with Gasteiger partial charge in [-0.15, -0.1) is 0 Å². The average Bonchev–Trinajstić information content (AvgIpc) is 2.48. The summed E-state index contributed by atoms with van der Waals surface area (Å²) in [5.74, 6) is 0.719. The summed E-state index contributed by atoms with van der Waals surface area (Å²) in [4.78, 5) is 0. The number of nitrogens with zero attached hydrogens (tertiary/aromatic N) is 1. The predicted octanol–water partition coefficient (Wildman–Crippen LogP) is 1.73. The maximum Gasteiger partial charge on any atom is 0.190 e. The Hall–Kier alpha value is -1.71. The summed E-state index contributed by atoms with van der Waals surface area (Å²) in [5, 5.41) is 4.72. The van der Waals surface area contributed by atoms with Gasteiger partial charge in [0, 0.05) is 6.07 Å². The lowest BCUT2D eigenvalue weighted by molar-refractivity contribution is 0.415. The van der Waals surface area contributed by atoms with Crippen molar-refractivity contribution in [1.29, 1.82) is 0 Å². The minimum Gasteiger partial charge on any atom is -0.497 e. The van der Waals surface area contributed by atoms with Crippen molar-refractivity contribution < 1.29 is 9.26 Å². The Kier molecular flexibility index (Phi) is 1.62. The molecule has 0 aliphatic carbocycles. The lowest BCUT2D eigenvalue weighted by Gasteiger charge is -2.00. The molecule has 0 unspecified atom stereocenters. The Morgan fingerprint density at radius 1 is 1.46 bits per heavy atom. The van der Waals surface area contributed by atoms with Crippen molar-refractivity contribution in [3.05, 3.63) is 17.8 Å². The molecule has 68 valence electrons. The predicted molar refractivity (Wildman–Crippen MR) is 49.7 cm³/mol. The average molecular weight is 178 g/mol. The molecule has 0 aliphatic heterocycles. The quantitative estimate of drug-likeness (QED) is 0.675. The zero-order chi connectivity index (χ0) is 9.42. The van der Waals surface area contributed by atoms with Gasteiger partial charge in [0.1, 0.15) is 5.75 Å². The fourth-order valence-electron chi connectivity index (χ4n) is 1.28. The monoisotopic (exact) mass is 178 g/mol. The van der Waals surface area contributed by atoms with Crippen LogP contribution in [-0.2, 0) is 0 Å². The molecule has 1 aromatic carbocycles. The van der Waals surface area contributed by atoms with Crippen molar-refractivity contribution in [2.24, 2.45) is 0 Å². The highest BCUT2D eigenvalue weighted by molar-refractivity contribution is 5.90. The molecule has 13 heavy (non-hydrogen) atoms. The van der Waals surface area contributed by atoms with Crippen molar-refractivity contribution in [2.45, 2.75) is 6.92 Å². The molecule has 0 saturated carbocycles. The fourth-order valence-corrected chi connectivity index (χ4v) is 1.28. The molecule has 0 saturated heterocycles. The van der Waals surface area contributed by atoms with E-state index in [1.807, 2.05) is 13.0 Å². The molecule has 4 nitrogen and oxygen atoms in total. The summed E-state index contributed by atoms with van der Waals surface area (Å²) in [6.07, 6.45) is 0. The third-order valence-electron chi connectivity index (χ3n) is 1.99. The molecule has 2 rings (SSSR count). The van der Waals surface area contributed by atoms with Crippen molar-refractivity contribution in [3.63, 3.8) is 0 Å². The van der Waals surface area contributed by atoms with E-state index in [0.29, 0.717) is 11.3 Å². The zero-order valence-corrected chi connectivity index (χ0v) is 7.50. The Labute approximate surface area is 75.3 Å². The first-order valence-corrected chi connectivity index (χ1v) is 3.92. The second-order valence-electron chi connectivity index (χ2n) is 2.86. The van der Waals surface area contributed by atoms with E-state index >= 15 is 0 Å². The number of hydrogen-bond donors (Lipinski definition) is 1. The summed E-state index contributed by atoms with van der Waals surface area (Å²) >= 11 is 0. The molecule has 1 aromatic heterocycles. The van der Waals surface area contributed by atoms with E-state index in [1.165, 1.54) is 0 Å². The number of fused-ring (bicyclic) bond motifs is 1. The number of aryl methyl sites for hydroxylation is 1. The van der Waals surface area contributed by atoms with Gasteiger partial charge < -0.3 is 15.0 Å². The maximum absolute atomic E-state index is 5.73. The Balaban J connectivity index is 2.80. The number of hydrogen-bond acceptors (Lipinski definition) is 4. The number of anilines is 1. The molecule has 2 N–H and O–H groups in total. The molecule has 0 aliphatic rings. The number of methoxy groups -OCH3 is 1. The minimum atomic E-state index is 0.551. The smallest absolute Gasteiger partial charge is 0.190 e. The van der Waals surface area contributed by atoms with E-state index < -0.39 is 0 Å². The van der Waals surface area contributed by atoms with Crippen molar-refractivity contribution in [1.82, 2.24) is 5.16 Å². The van der Waals surface area contributed by atoms with Gasteiger partial charge in [0.15, 0.2) is 5.58 Å². The molecular weight excluding hydrogens is 168 g/mol. The molecule has 2 aromatic rings. The van der Waals surface area contributed by atoms with Crippen LogP contribution in [0.1, 0.15) is 5.69 Å². The Morgan fingerprint density at radius 3 is 2.92 bits per heavy atom. The normalized spacial score (nSPS) is 10.6. The van der Waals surface area contributed by atoms with Crippen LogP contribution in [0.2, 0.25) is 0 Å². The highest BCUT2D eigenvalue weighted by atomic mass is 16.5. The first-order valence-electron chi connectivity index (χ1n) is 3.92. The minimum absolute atomic E-state index is 0.551. The molecule has 0 amide bonds. The number of aromatic nitrogens is 1. The van der Waals surface area contributed by atoms with Gasteiger partial charge in [-0.2, -0.15) is 0 Å².